The van der Waals surface area contributed by atoms with Crippen molar-refractivity contribution in [2.75, 3.05) is 19.6 Å². The molecule has 5 rings (SSSR count). The first-order valence-electron chi connectivity index (χ1n) is 14.1. The summed E-state index contributed by atoms with van der Waals surface area (Å²) in [5, 5.41) is 4.17. The quantitative estimate of drug-likeness (QED) is 0.233. The lowest BCUT2D eigenvalue weighted by Crippen LogP contribution is -2.60. The molecule has 0 aliphatic carbocycles. The Hall–Kier alpha value is -4.10. The van der Waals surface area contributed by atoms with E-state index in [-0.39, 0.29) is 29.4 Å². The molecule has 44 heavy (non-hydrogen) atoms. The minimum Gasteiger partial charge on any atom is -0.318 e. The van der Waals surface area contributed by atoms with Gasteiger partial charge in [-0.2, -0.15) is 13.7 Å². The van der Waals surface area contributed by atoms with Gasteiger partial charge in [-0.25, -0.2) is 22.3 Å². The van der Waals surface area contributed by atoms with E-state index in [9.17, 15) is 21.6 Å². The number of sulfonamides is 2. The molecule has 1 aliphatic rings. The molecular formula is C32H35N5O5S2. The molecule has 1 saturated heterocycles. The summed E-state index contributed by atoms with van der Waals surface area (Å²) >= 11 is 0. The average Bonchev–Trinajstić information content (AvgIpc) is 3.29. The lowest BCUT2D eigenvalue weighted by molar-refractivity contribution is -0.125. The number of carbonyl (C=O) groups excluding carboxylic acids is 1. The van der Waals surface area contributed by atoms with Crippen LogP contribution in [0.1, 0.15) is 28.1 Å². The van der Waals surface area contributed by atoms with E-state index in [4.69, 9.17) is 0 Å². The van der Waals surface area contributed by atoms with E-state index in [1.807, 2.05) is 33.8 Å². The van der Waals surface area contributed by atoms with Crippen LogP contribution in [0.5, 0.6) is 0 Å². The second kappa shape index (κ2) is 12.5. The van der Waals surface area contributed by atoms with E-state index in [1.54, 1.807) is 36.4 Å². The number of hydrazone groups is 1. The zero-order valence-electron chi connectivity index (χ0n) is 25.0. The van der Waals surface area contributed by atoms with Gasteiger partial charge < -0.3 is 4.57 Å². The van der Waals surface area contributed by atoms with Gasteiger partial charge in [0.1, 0.15) is 6.04 Å². The summed E-state index contributed by atoms with van der Waals surface area (Å²) in [6, 6.07) is 22.5. The van der Waals surface area contributed by atoms with Gasteiger partial charge in [-0.05, 0) is 81.3 Å². The zero-order chi connectivity index (χ0) is 31.6. The van der Waals surface area contributed by atoms with Crippen molar-refractivity contribution in [1.82, 2.24) is 18.6 Å². The predicted molar refractivity (Wildman–Crippen MR) is 170 cm³/mol. The predicted octanol–water partition coefficient (Wildman–Crippen LogP) is 3.93. The van der Waals surface area contributed by atoms with Crippen LogP contribution in [0.3, 0.4) is 0 Å². The SMILES string of the molecule is Cc1cc(C)cc(-n2c(C)cc(/C=N\NC(=O)[C@H]3CN(S(=O)(=O)c4ccccc4)CCN3S(=O)(=O)c3ccccc3)c2C)c1. The Morgan fingerprint density at radius 2 is 1.36 bits per heavy atom. The van der Waals surface area contributed by atoms with Crippen molar-refractivity contribution in [2.24, 2.45) is 5.10 Å². The van der Waals surface area contributed by atoms with Gasteiger partial charge in [-0.3, -0.25) is 4.79 Å². The maximum atomic E-state index is 13.6. The fourth-order valence-electron chi connectivity index (χ4n) is 5.57. The molecule has 1 N–H and O–H groups in total. The number of rotatable bonds is 8. The Labute approximate surface area is 258 Å². The fourth-order valence-corrected chi connectivity index (χ4v) is 8.62. The number of amides is 1. The first-order valence-corrected chi connectivity index (χ1v) is 17.0. The molecule has 4 aromatic rings. The number of aryl methyl sites for hydroxylation is 3. The van der Waals surface area contributed by atoms with Gasteiger partial charge in [0.2, 0.25) is 20.0 Å². The molecule has 0 spiro atoms. The molecule has 10 nitrogen and oxygen atoms in total. The number of hydrogen-bond donors (Lipinski definition) is 1. The van der Waals surface area contributed by atoms with Crippen LogP contribution in [-0.4, -0.2) is 67.8 Å². The number of piperazine rings is 1. The third-order valence-corrected chi connectivity index (χ3v) is 11.4. The molecule has 1 aromatic heterocycles. The normalized spacial score (nSPS) is 16.8. The van der Waals surface area contributed by atoms with Gasteiger partial charge in [0.25, 0.3) is 5.91 Å². The number of hydrogen-bond acceptors (Lipinski definition) is 6. The minimum absolute atomic E-state index is 0.0134. The van der Waals surface area contributed by atoms with E-state index in [0.29, 0.717) is 0 Å². The molecule has 2 heterocycles. The molecule has 12 heteroatoms. The lowest BCUT2D eigenvalue weighted by Gasteiger charge is -2.38. The second-order valence-electron chi connectivity index (χ2n) is 10.9. The van der Waals surface area contributed by atoms with Crippen molar-refractivity contribution in [2.45, 2.75) is 43.5 Å². The van der Waals surface area contributed by atoms with Gasteiger partial charge in [-0.15, -0.1) is 0 Å². The van der Waals surface area contributed by atoms with Crippen LogP contribution in [-0.2, 0) is 24.8 Å². The Kier molecular flexibility index (Phi) is 8.89. The Bertz CT molecular complexity index is 1900. The molecule has 1 atom stereocenters. The number of benzene rings is 3. The molecule has 0 bridgehead atoms. The highest BCUT2D eigenvalue weighted by atomic mass is 32.2. The molecule has 230 valence electrons. The molecule has 0 unspecified atom stereocenters. The highest BCUT2D eigenvalue weighted by molar-refractivity contribution is 7.89. The maximum absolute atomic E-state index is 13.6. The van der Waals surface area contributed by atoms with Crippen molar-refractivity contribution in [3.05, 3.63) is 113 Å². The third kappa shape index (κ3) is 6.25. The summed E-state index contributed by atoms with van der Waals surface area (Å²) in [6.07, 6.45) is 1.51. The summed E-state index contributed by atoms with van der Waals surface area (Å²) in [5.41, 5.74) is 8.44. The molecule has 0 radical (unpaired) electrons. The standard InChI is InChI=1S/C32H35N5O5S2/c1-23-17-24(2)19-28(18-23)37-25(3)20-27(26(37)4)21-33-34-32(38)31-22-35(43(39,40)29-11-7-5-8-12-29)15-16-36(31)44(41,42)30-13-9-6-10-14-30/h5-14,17-21,31H,15-16,22H2,1-4H3,(H,34,38)/b33-21-/t31-/m1/s1. The van der Waals surface area contributed by atoms with Crippen LogP contribution in [0.25, 0.3) is 5.69 Å². The van der Waals surface area contributed by atoms with Crippen LogP contribution in [0.2, 0.25) is 0 Å². The average molecular weight is 634 g/mol. The first-order chi connectivity index (χ1) is 20.9. The van der Waals surface area contributed by atoms with E-state index in [2.05, 4.69) is 33.3 Å². The largest absolute Gasteiger partial charge is 0.318 e. The van der Waals surface area contributed by atoms with Crippen LogP contribution in [0.15, 0.2) is 99.8 Å². The summed E-state index contributed by atoms with van der Waals surface area (Å²) in [6.45, 7) is 7.34. The van der Waals surface area contributed by atoms with Crippen molar-refractivity contribution in [3.63, 3.8) is 0 Å². The zero-order valence-corrected chi connectivity index (χ0v) is 26.6. The van der Waals surface area contributed by atoms with Gasteiger partial charge >= 0.3 is 0 Å². The van der Waals surface area contributed by atoms with Crippen LogP contribution in [0, 0.1) is 27.7 Å². The maximum Gasteiger partial charge on any atom is 0.259 e. The molecule has 1 aliphatic heterocycles. The van der Waals surface area contributed by atoms with E-state index < -0.39 is 32.0 Å². The van der Waals surface area contributed by atoms with Crippen LogP contribution >= 0.6 is 0 Å². The number of nitrogens with zero attached hydrogens (tertiary/aromatic N) is 4. The van der Waals surface area contributed by atoms with Crippen molar-refractivity contribution in [1.29, 1.82) is 0 Å². The van der Waals surface area contributed by atoms with E-state index >= 15 is 0 Å². The number of nitrogens with one attached hydrogen (secondary N) is 1. The summed E-state index contributed by atoms with van der Waals surface area (Å²) < 4.78 is 58.4. The number of aromatic nitrogens is 1. The molecule has 0 saturated carbocycles. The van der Waals surface area contributed by atoms with Crippen molar-refractivity contribution in [3.8, 4) is 5.69 Å². The highest BCUT2D eigenvalue weighted by Gasteiger charge is 2.43. The monoisotopic (exact) mass is 633 g/mol. The van der Waals surface area contributed by atoms with Crippen molar-refractivity contribution < 1.29 is 21.6 Å². The third-order valence-electron chi connectivity index (χ3n) is 7.64. The molecular weight excluding hydrogens is 599 g/mol. The van der Waals surface area contributed by atoms with Gasteiger partial charge in [0.15, 0.2) is 0 Å². The molecule has 3 aromatic carbocycles. The highest BCUT2D eigenvalue weighted by Crippen LogP contribution is 2.26. The lowest BCUT2D eigenvalue weighted by atomic mass is 10.1. The summed E-state index contributed by atoms with van der Waals surface area (Å²) in [4.78, 5) is 13.7. The Morgan fingerprint density at radius 3 is 1.95 bits per heavy atom. The van der Waals surface area contributed by atoms with Crippen molar-refractivity contribution >= 4 is 32.2 Å². The Balaban J connectivity index is 1.42. The van der Waals surface area contributed by atoms with Crippen LogP contribution < -0.4 is 5.43 Å². The Morgan fingerprint density at radius 1 is 0.795 bits per heavy atom. The smallest absolute Gasteiger partial charge is 0.259 e. The first kappa shape index (κ1) is 31.3. The minimum atomic E-state index is -4.12. The molecule has 1 amide bonds. The fraction of sp³-hybridized carbons (Fsp3) is 0.250. The van der Waals surface area contributed by atoms with Gasteiger partial charge in [0, 0.05) is 42.3 Å². The second-order valence-corrected chi connectivity index (χ2v) is 14.7. The summed E-state index contributed by atoms with van der Waals surface area (Å²) in [5.74, 6) is -0.739. The topological polar surface area (TPSA) is 121 Å². The van der Waals surface area contributed by atoms with E-state index in [1.165, 1.54) is 30.5 Å². The van der Waals surface area contributed by atoms with Crippen LogP contribution in [0.4, 0.5) is 0 Å². The van der Waals surface area contributed by atoms with E-state index in [0.717, 1.165) is 42.4 Å². The van der Waals surface area contributed by atoms with Gasteiger partial charge in [-0.1, -0.05) is 42.5 Å². The molecule has 1 fully saturated rings. The number of carbonyl (C=O) groups is 1. The van der Waals surface area contributed by atoms with Gasteiger partial charge in [0.05, 0.1) is 16.0 Å². The summed E-state index contributed by atoms with van der Waals surface area (Å²) in [7, 11) is -8.09.